The SMILES string of the molecule is [N-]=[N+]=NCCCc1cc(Cl)ccc1Cl. The molecule has 0 heterocycles. The molecule has 0 spiro atoms. The first-order valence-electron chi connectivity index (χ1n) is 4.19. The van der Waals surface area contributed by atoms with Gasteiger partial charge in [-0.05, 0) is 42.1 Å². The van der Waals surface area contributed by atoms with Crippen molar-refractivity contribution in [2.75, 3.05) is 6.54 Å². The molecule has 1 aromatic carbocycles. The standard InChI is InChI=1S/C9H9Cl2N3/c10-8-3-4-9(11)7(6-8)2-1-5-13-14-12/h3-4,6H,1-2,5H2. The van der Waals surface area contributed by atoms with Crippen LogP contribution in [-0.2, 0) is 6.42 Å². The Balaban J connectivity index is 2.57. The lowest BCUT2D eigenvalue weighted by atomic mass is 10.1. The average molecular weight is 230 g/mol. The van der Waals surface area contributed by atoms with Gasteiger partial charge in [-0.1, -0.05) is 28.3 Å². The predicted molar refractivity (Wildman–Crippen MR) is 58.8 cm³/mol. The summed E-state index contributed by atoms with van der Waals surface area (Å²) in [6, 6.07) is 5.35. The maximum Gasteiger partial charge on any atom is 0.0439 e. The van der Waals surface area contributed by atoms with Gasteiger partial charge < -0.3 is 0 Å². The van der Waals surface area contributed by atoms with E-state index in [1.165, 1.54) is 0 Å². The molecule has 14 heavy (non-hydrogen) atoms. The van der Waals surface area contributed by atoms with Crippen molar-refractivity contribution in [1.82, 2.24) is 0 Å². The highest BCUT2D eigenvalue weighted by Crippen LogP contribution is 2.21. The van der Waals surface area contributed by atoms with Crippen LogP contribution in [0.1, 0.15) is 12.0 Å². The summed E-state index contributed by atoms with van der Waals surface area (Å²) < 4.78 is 0. The zero-order chi connectivity index (χ0) is 10.4. The molecule has 0 N–H and O–H groups in total. The van der Waals surface area contributed by atoms with Gasteiger partial charge in [-0.2, -0.15) is 0 Å². The summed E-state index contributed by atoms with van der Waals surface area (Å²) in [5.41, 5.74) is 9.07. The van der Waals surface area contributed by atoms with E-state index >= 15 is 0 Å². The molecule has 5 heteroatoms. The molecule has 0 unspecified atom stereocenters. The normalized spacial score (nSPS) is 9.57. The Kier molecular flexibility index (Phi) is 4.60. The fourth-order valence-electron chi connectivity index (χ4n) is 1.12. The molecule has 0 saturated carbocycles. The van der Waals surface area contributed by atoms with Crippen molar-refractivity contribution in [2.24, 2.45) is 5.11 Å². The number of hydrogen-bond acceptors (Lipinski definition) is 1. The van der Waals surface area contributed by atoms with Crippen molar-refractivity contribution in [3.63, 3.8) is 0 Å². The van der Waals surface area contributed by atoms with E-state index in [4.69, 9.17) is 28.7 Å². The van der Waals surface area contributed by atoms with Gasteiger partial charge in [0.1, 0.15) is 0 Å². The van der Waals surface area contributed by atoms with Crippen LogP contribution in [0.2, 0.25) is 10.0 Å². The smallest absolute Gasteiger partial charge is 0.0439 e. The second kappa shape index (κ2) is 5.76. The number of nitrogens with zero attached hydrogens (tertiary/aromatic N) is 3. The Morgan fingerprint density at radius 1 is 1.36 bits per heavy atom. The van der Waals surface area contributed by atoms with Gasteiger partial charge >= 0.3 is 0 Å². The third kappa shape index (κ3) is 3.46. The van der Waals surface area contributed by atoms with Gasteiger partial charge in [0.25, 0.3) is 0 Å². The summed E-state index contributed by atoms with van der Waals surface area (Å²) >= 11 is 11.8. The molecular weight excluding hydrogens is 221 g/mol. The Hall–Kier alpha value is -0.890. The summed E-state index contributed by atoms with van der Waals surface area (Å²) in [5, 5.41) is 4.82. The first kappa shape index (κ1) is 11.2. The highest BCUT2D eigenvalue weighted by Gasteiger charge is 2.00. The molecule has 74 valence electrons. The van der Waals surface area contributed by atoms with E-state index in [2.05, 4.69) is 10.0 Å². The molecule has 1 aromatic rings. The first-order valence-corrected chi connectivity index (χ1v) is 4.94. The molecule has 0 radical (unpaired) electrons. The van der Waals surface area contributed by atoms with Gasteiger partial charge in [0.15, 0.2) is 0 Å². The molecule has 1 rings (SSSR count). The van der Waals surface area contributed by atoms with Gasteiger partial charge in [0.2, 0.25) is 0 Å². The van der Waals surface area contributed by atoms with Crippen molar-refractivity contribution in [2.45, 2.75) is 12.8 Å². The van der Waals surface area contributed by atoms with Gasteiger partial charge in [-0.25, -0.2) is 0 Å². The van der Waals surface area contributed by atoms with E-state index in [-0.39, 0.29) is 0 Å². The topological polar surface area (TPSA) is 48.8 Å². The third-order valence-electron chi connectivity index (χ3n) is 1.78. The lowest BCUT2D eigenvalue weighted by Gasteiger charge is -2.02. The minimum absolute atomic E-state index is 0.485. The summed E-state index contributed by atoms with van der Waals surface area (Å²) in [6.45, 7) is 0.485. The molecule has 0 aromatic heterocycles. The second-order valence-corrected chi connectivity index (χ2v) is 3.64. The molecule has 0 aliphatic heterocycles. The lowest BCUT2D eigenvalue weighted by Crippen LogP contribution is -1.89. The highest BCUT2D eigenvalue weighted by atomic mass is 35.5. The van der Waals surface area contributed by atoms with Crippen molar-refractivity contribution in [3.8, 4) is 0 Å². The number of benzene rings is 1. The Bertz CT molecular complexity index is 359. The first-order chi connectivity index (χ1) is 6.74. The van der Waals surface area contributed by atoms with Crippen molar-refractivity contribution in [3.05, 3.63) is 44.3 Å². The van der Waals surface area contributed by atoms with E-state index in [1.807, 2.05) is 6.07 Å². The van der Waals surface area contributed by atoms with Crippen LogP contribution >= 0.6 is 23.2 Å². The van der Waals surface area contributed by atoms with Crippen LogP contribution < -0.4 is 0 Å². The summed E-state index contributed by atoms with van der Waals surface area (Å²) in [6.07, 6.45) is 1.56. The number of azide groups is 1. The van der Waals surface area contributed by atoms with Crippen molar-refractivity contribution >= 4 is 23.2 Å². The fraction of sp³-hybridized carbons (Fsp3) is 0.333. The Labute approximate surface area is 92.3 Å². The summed E-state index contributed by atoms with van der Waals surface area (Å²) in [7, 11) is 0. The molecule has 0 fully saturated rings. The van der Waals surface area contributed by atoms with E-state index in [0.29, 0.717) is 16.6 Å². The van der Waals surface area contributed by atoms with E-state index in [0.717, 1.165) is 18.4 Å². The van der Waals surface area contributed by atoms with Crippen LogP contribution in [0, 0.1) is 0 Å². The van der Waals surface area contributed by atoms with Gasteiger partial charge in [-0.15, -0.1) is 0 Å². The van der Waals surface area contributed by atoms with Crippen LogP contribution in [-0.4, -0.2) is 6.54 Å². The summed E-state index contributed by atoms with van der Waals surface area (Å²) in [5.74, 6) is 0. The molecule has 0 aliphatic rings. The van der Waals surface area contributed by atoms with E-state index < -0.39 is 0 Å². The van der Waals surface area contributed by atoms with Gasteiger partial charge in [-0.3, -0.25) is 0 Å². The highest BCUT2D eigenvalue weighted by molar-refractivity contribution is 6.33. The van der Waals surface area contributed by atoms with Crippen molar-refractivity contribution < 1.29 is 0 Å². The minimum Gasteiger partial charge on any atom is -0.0940 e. The number of rotatable bonds is 4. The Morgan fingerprint density at radius 3 is 2.86 bits per heavy atom. The quantitative estimate of drug-likeness (QED) is 0.321. The van der Waals surface area contributed by atoms with Crippen LogP contribution in [0.25, 0.3) is 10.4 Å². The molecule has 0 saturated heterocycles. The fourth-order valence-corrected chi connectivity index (χ4v) is 1.53. The second-order valence-electron chi connectivity index (χ2n) is 2.79. The number of halogens is 2. The molecule has 0 bridgehead atoms. The average Bonchev–Trinajstić information content (AvgIpc) is 2.18. The minimum atomic E-state index is 0.485. The molecule has 3 nitrogen and oxygen atoms in total. The number of hydrogen-bond donors (Lipinski definition) is 0. The maximum atomic E-state index is 8.07. The maximum absolute atomic E-state index is 8.07. The zero-order valence-electron chi connectivity index (χ0n) is 7.45. The molecule has 0 amide bonds. The van der Waals surface area contributed by atoms with Crippen LogP contribution in [0.15, 0.2) is 23.3 Å². The van der Waals surface area contributed by atoms with Crippen LogP contribution in [0.3, 0.4) is 0 Å². The molecule has 0 atom stereocenters. The van der Waals surface area contributed by atoms with E-state index in [1.54, 1.807) is 12.1 Å². The Morgan fingerprint density at radius 2 is 2.14 bits per heavy atom. The molecular formula is C9H9Cl2N3. The summed E-state index contributed by atoms with van der Waals surface area (Å²) in [4.78, 5) is 2.67. The van der Waals surface area contributed by atoms with E-state index in [9.17, 15) is 0 Å². The third-order valence-corrected chi connectivity index (χ3v) is 2.38. The zero-order valence-corrected chi connectivity index (χ0v) is 8.96. The van der Waals surface area contributed by atoms with Gasteiger partial charge in [0.05, 0.1) is 0 Å². The van der Waals surface area contributed by atoms with Crippen LogP contribution in [0.5, 0.6) is 0 Å². The lowest BCUT2D eigenvalue weighted by molar-refractivity contribution is 0.827. The molecule has 0 aliphatic carbocycles. The number of aryl methyl sites for hydroxylation is 1. The largest absolute Gasteiger partial charge is 0.0940 e. The monoisotopic (exact) mass is 229 g/mol. The van der Waals surface area contributed by atoms with Crippen LogP contribution in [0.4, 0.5) is 0 Å². The van der Waals surface area contributed by atoms with Crippen molar-refractivity contribution in [1.29, 1.82) is 0 Å². The van der Waals surface area contributed by atoms with Gasteiger partial charge in [0, 0.05) is 21.5 Å². The predicted octanol–water partition coefficient (Wildman–Crippen LogP) is 4.24.